The molecule has 0 saturated heterocycles. The summed E-state index contributed by atoms with van der Waals surface area (Å²) in [6, 6.07) is 0. The number of aliphatic imine (C=N–C) groups is 2. The molecule has 0 bridgehead atoms. The lowest BCUT2D eigenvalue weighted by Gasteiger charge is -2.01. The van der Waals surface area contributed by atoms with E-state index in [1.807, 2.05) is 6.92 Å². The molecule has 0 spiro atoms. The topological polar surface area (TPSA) is 41.8 Å². The number of nitrogens with zero attached hydrogens (tertiary/aromatic N) is 2. The van der Waals surface area contributed by atoms with Gasteiger partial charge in [-0.1, -0.05) is 6.92 Å². The molecule has 1 aliphatic carbocycles. The summed E-state index contributed by atoms with van der Waals surface area (Å²) in [5.74, 6) is 0.0419. The van der Waals surface area contributed by atoms with E-state index in [4.69, 9.17) is 0 Å². The number of Topliss-reactive ketones (excluding diaryl/α,β-unsaturated/α-hetero) is 1. The monoisotopic (exact) mass is 200 g/mol. The van der Waals surface area contributed by atoms with Gasteiger partial charge in [0.15, 0.2) is 0 Å². The number of ketones is 1. The third kappa shape index (κ3) is 1.03. The quantitative estimate of drug-likeness (QED) is 0.639. The van der Waals surface area contributed by atoms with Crippen LogP contribution in [-0.2, 0) is 4.79 Å². The molecule has 0 aromatic rings. The van der Waals surface area contributed by atoms with E-state index in [0.717, 1.165) is 41.8 Å². The van der Waals surface area contributed by atoms with Gasteiger partial charge in [0, 0.05) is 24.3 Å². The van der Waals surface area contributed by atoms with Crippen molar-refractivity contribution in [2.24, 2.45) is 9.98 Å². The first-order chi connectivity index (χ1) is 7.20. The van der Waals surface area contributed by atoms with Gasteiger partial charge in [-0.3, -0.25) is 14.8 Å². The van der Waals surface area contributed by atoms with E-state index in [0.29, 0.717) is 11.4 Å². The van der Waals surface area contributed by atoms with Crippen LogP contribution in [0.1, 0.15) is 33.1 Å². The van der Waals surface area contributed by atoms with Crippen LogP contribution in [0.25, 0.3) is 0 Å². The molecule has 3 rings (SSSR count). The lowest BCUT2D eigenvalue weighted by atomic mass is 10.00. The summed E-state index contributed by atoms with van der Waals surface area (Å²) in [5, 5.41) is 0. The Bertz CT molecular complexity index is 504. The number of rotatable bonds is 1. The molecule has 0 unspecified atom stereocenters. The van der Waals surface area contributed by atoms with Gasteiger partial charge >= 0.3 is 0 Å². The van der Waals surface area contributed by atoms with Crippen molar-refractivity contribution in [2.45, 2.75) is 33.1 Å². The largest absolute Gasteiger partial charge is 0.285 e. The Morgan fingerprint density at radius 2 is 1.80 bits per heavy atom. The van der Waals surface area contributed by atoms with E-state index >= 15 is 0 Å². The number of carbonyl (C=O) groups excluding carboxylic acids is 1. The molecule has 0 amide bonds. The van der Waals surface area contributed by atoms with E-state index in [9.17, 15) is 4.79 Å². The van der Waals surface area contributed by atoms with Crippen LogP contribution in [0.15, 0.2) is 32.5 Å². The molecule has 2 aliphatic heterocycles. The molecule has 3 nitrogen and oxygen atoms in total. The molecule has 0 radical (unpaired) electrons. The third-order valence-electron chi connectivity index (χ3n) is 3.16. The molecule has 0 fully saturated rings. The fourth-order valence-corrected chi connectivity index (χ4v) is 2.38. The smallest absolute Gasteiger partial charge is 0.230 e. The predicted molar refractivity (Wildman–Crippen MR) is 59.1 cm³/mol. The van der Waals surface area contributed by atoms with Gasteiger partial charge in [-0.05, 0) is 24.5 Å². The van der Waals surface area contributed by atoms with Crippen LogP contribution in [-0.4, -0.2) is 17.2 Å². The van der Waals surface area contributed by atoms with Crippen molar-refractivity contribution in [3.8, 4) is 0 Å². The number of fused-ring (bicyclic) bond motifs is 1. The molecule has 2 heterocycles. The van der Waals surface area contributed by atoms with Crippen LogP contribution in [0.2, 0.25) is 0 Å². The van der Waals surface area contributed by atoms with E-state index < -0.39 is 0 Å². The lowest BCUT2D eigenvalue weighted by Crippen LogP contribution is -1.99. The highest BCUT2D eigenvalue weighted by atomic mass is 16.1. The molecule has 0 aromatic heterocycles. The Morgan fingerprint density at radius 1 is 1.13 bits per heavy atom. The fourth-order valence-electron chi connectivity index (χ4n) is 2.38. The molecule has 0 atom stereocenters. The zero-order valence-electron chi connectivity index (χ0n) is 8.92. The second-order valence-corrected chi connectivity index (χ2v) is 4.22. The maximum Gasteiger partial charge on any atom is 0.230 e. The van der Waals surface area contributed by atoms with Crippen LogP contribution >= 0.6 is 0 Å². The van der Waals surface area contributed by atoms with Crippen molar-refractivity contribution in [1.29, 1.82) is 0 Å². The summed E-state index contributed by atoms with van der Waals surface area (Å²) in [7, 11) is 0. The molecule has 15 heavy (non-hydrogen) atoms. The Balaban J connectivity index is 2.01. The minimum absolute atomic E-state index is 0.0419. The average Bonchev–Trinajstić information content (AvgIpc) is 2.83. The van der Waals surface area contributed by atoms with Crippen LogP contribution in [0.4, 0.5) is 0 Å². The van der Waals surface area contributed by atoms with Gasteiger partial charge in [0.1, 0.15) is 11.4 Å². The van der Waals surface area contributed by atoms with Crippen LogP contribution in [0.3, 0.4) is 0 Å². The van der Waals surface area contributed by atoms with E-state index in [-0.39, 0.29) is 5.78 Å². The Labute approximate surface area is 88.3 Å². The van der Waals surface area contributed by atoms with Gasteiger partial charge in [-0.2, -0.15) is 0 Å². The zero-order valence-corrected chi connectivity index (χ0v) is 8.92. The van der Waals surface area contributed by atoms with Gasteiger partial charge in [-0.15, -0.1) is 0 Å². The molecule has 76 valence electrons. The zero-order chi connectivity index (χ0) is 10.6. The SMILES string of the molecule is CCC1=NC2=C(C1)C1=C(N=C(C)C1)C2=O. The van der Waals surface area contributed by atoms with Gasteiger partial charge < -0.3 is 0 Å². The molecule has 3 heteroatoms. The standard InChI is InChI=1S/C12H12N2O/c1-3-7-5-9-8-4-6(2)13-10(8)12(15)11(9)14-7/h3-5H2,1-2H3. The van der Waals surface area contributed by atoms with Crippen LogP contribution in [0, 0.1) is 0 Å². The second kappa shape index (κ2) is 2.75. The Kier molecular flexibility index (Phi) is 1.61. The summed E-state index contributed by atoms with van der Waals surface area (Å²) in [5.41, 5.74) is 5.80. The normalized spacial score (nSPS) is 23.5. The van der Waals surface area contributed by atoms with Gasteiger partial charge in [0.05, 0.1) is 0 Å². The van der Waals surface area contributed by atoms with E-state index in [2.05, 4.69) is 16.9 Å². The summed E-state index contributed by atoms with van der Waals surface area (Å²) >= 11 is 0. The number of carbonyl (C=O) groups is 1. The van der Waals surface area contributed by atoms with E-state index in [1.54, 1.807) is 0 Å². The summed E-state index contributed by atoms with van der Waals surface area (Å²) in [6.45, 7) is 4.06. The van der Waals surface area contributed by atoms with Crippen molar-refractivity contribution < 1.29 is 4.79 Å². The highest BCUT2D eigenvalue weighted by Gasteiger charge is 2.38. The van der Waals surface area contributed by atoms with Crippen molar-refractivity contribution in [3.63, 3.8) is 0 Å². The second-order valence-electron chi connectivity index (χ2n) is 4.22. The maximum atomic E-state index is 11.9. The first kappa shape index (κ1) is 8.77. The Hall–Kier alpha value is -1.51. The minimum atomic E-state index is 0.0419. The fraction of sp³-hybridized carbons (Fsp3) is 0.417. The highest BCUT2D eigenvalue weighted by Crippen LogP contribution is 2.42. The first-order valence-corrected chi connectivity index (χ1v) is 5.32. The maximum absolute atomic E-state index is 11.9. The number of allylic oxidation sites excluding steroid dienone is 2. The van der Waals surface area contributed by atoms with Crippen LogP contribution in [0.5, 0.6) is 0 Å². The molecular weight excluding hydrogens is 188 g/mol. The third-order valence-corrected chi connectivity index (χ3v) is 3.16. The highest BCUT2D eigenvalue weighted by molar-refractivity contribution is 6.20. The lowest BCUT2D eigenvalue weighted by molar-refractivity contribution is -0.112. The number of hydrogen-bond donors (Lipinski definition) is 0. The molecule has 0 N–H and O–H groups in total. The van der Waals surface area contributed by atoms with Crippen molar-refractivity contribution >= 4 is 17.2 Å². The first-order valence-electron chi connectivity index (χ1n) is 5.32. The van der Waals surface area contributed by atoms with Crippen molar-refractivity contribution in [1.82, 2.24) is 0 Å². The van der Waals surface area contributed by atoms with E-state index in [1.165, 1.54) is 0 Å². The van der Waals surface area contributed by atoms with Gasteiger partial charge in [0.2, 0.25) is 5.78 Å². The molecule has 3 aliphatic rings. The summed E-state index contributed by atoms with van der Waals surface area (Å²) < 4.78 is 0. The summed E-state index contributed by atoms with van der Waals surface area (Å²) in [4.78, 5) is 20.6. The van der Waals surface area contributed by atoms with Crippen molar-refractivity contribution in [2.75, 3.05) is 0 Å². The van der Waals surface area contributed by atoms with Gasteiger partial charge in [0.25, 0.3) is 0 Å². The molecule has 0 aromatic carbocycles. The number of hydrogen-bond acceptors (Lipinski definition) is 3. The average molecular weight is 200 g/mol. The van der Waals surface area contributed by atoms with Crippen molar-refractivity contribution in [3.05, 3.63) is 22.5 Å². The molecule has 0 saturated carbocycles. The van der Waals surface area contributed by atoms with Crippen LogP contribution < -0.4 is 0 Å². The predicted octanol–water partition coefficient (Wildman–Crippen LogP) is 2.20. The molecular formula is C12H12N2O. The minimum Gasteiger partial charge on any atom is -0.285 e. The summed E-state index contributed by atoms with van der Waals surface area (Å²) in [6.07, 6.45) is 2.63. The van der Waals surface area contributed by atoms with Gasteiger partial charge in [-0.25, -0.2) is 0 Å². The Morgan fingerprint density at radius 3 is 2.53 bits per heavy atom.